The van der Waals surface area contributed by atoms with Crippen LogP contribution in [0.3, 0.4) is 0 Å². The van der Waals surface area contributed by atoms with Crippen molar-refractivity contribution in [2.45, 2.75) is 6.42 Å². The summed E-state index contributed by atoms with van der Waals surface area (Å²) in [6.45, 7) is 0. The topological polar surface area (TPSA) is 63.1 Å². The summed E-state index contributed by atoms with van der Waals surface area (Å²) < 4.78 is 0. The minimum atomic E-state index is -0.866. The standard InChI is InChI=1S/C6H6N2O2/c9-6(10)1-5-2-7-4-8-3-5/h2-4H,1H2,(H,9,10). The highest BCUT2D eigenvalue weighted by atomic mass is 16.4. The van der Waals surface area contributed by atoms with Gasteiger partial charge in [0.25, 0.3) is 0 Å². The lowest BCUT2D eigenvalue weighted by Crippen LogP contribution is -2.00. The van der Waals surface area contributed by atoms with Crippen molar-refractivity contribution >= 4 is 5.97 Å². The maximum atomic E-state index is 10.1. The summed E-state index contributed by atoms with van der Waals surface area (Å²) in [6.07, 6.45) is 4.33. The van der Waals surface area contributed by atoms with Crippen LogP contribution in [0.4, 0.5) is 0 Å². The Kier molecular flexibility index (Phi) is 1.94. The molecule has 1 aromatic rings. The molecular weight excluding hydrogens is 132 g/mol. The van der Waals surface area contributed by atoms with Crippen LogP contribution in [0.2, 0.25) is 0 Å². The Labute approximate surface area is 57.6 Å². The lowest BCUT2D eigenvalue weighted by atomic mass is 10.2. The first-order chi connectivity index (χ1) is 4.79. The molecule has 0 aliphatic rings. The Morgan fingerprint density at radius 2 is 2.10 bits per heavy atom. The van der Waals surface area contributed by atoms with Crippen molar-refractivity contribution in [3.05, 3.63) is 24.3 Å². The number of aliphatic carboxylic acids is 1. The number of hydrogen-bond donors (Lipinski definition) is 1. The maximum Gasteiger partial charge on any atom is 0.307 e. The number of carbonyl (C=O) groups is 1. The minimum absolute atomic E-state index is 0.0131. The zero-order chi connectivity index (χ0) is 7.40. The predicted octanol–water partition coefficient (Wildman–Crippen LogP) is 0.104. The third-order valence-electron chi connectivity index (χ3n) is 0.969. The molecule has 0 bridgehead atoms. The summed E-state index contributed by atoms with van der Waals surface area (Å²) >= 11 is 0. The highest BCUT2D eigenvalue weighted by Gasteiger charge is 1.98. The molecule has 0 saturated heterocycles. The number of hydrogen-bond acceptors (Lipinski definition) is 3. The van der Waals surface area contributed by atoms with E-state index in [1.807, 2.05) is 0 Å². The average molecular weight is 138 g/mol. The number of rotatable bonds is 2. The third kappa shape index (κ3) is 1.81. The first-order valence-corrected chi connectivity index (χ1v) is 2.74. The van der Waals surface area contributed by atoms with E-state index in [0.717, 1.165) is 0 Å². The molecule has 0 atom stereocenters. The third-order valence-corrected chi connectivity index (χ3v) is 0.969. The molecule has 0 radical (unpaired) electrons. The van der Waals surface area contributed by atoms with E-state index in [4.69, 9.17) is 5.11 Å². The largest absolute Gasteiger partial charge is 0.481 e. The van der Waals surface area contributed by atoms with E-state index in [2.05, 4.69) is 9.97 Å². The number of carboxylic acid groups (broad SMARTS) is 1. The lowest BCUT2D eigenvalue weighted by molar-refractivity contribution is -0.136. The van der Waals surface area contributed by atoms with Crippen LogP contribution < -0.4 is 0 Å². The van der Waals surface area contributed by atoms with Gasteiger partial charge in [-0.2, -0.15) is 0 Å². The normalized spacial score (nSPS) is 9.20. The van der Waals surface area contributed by atoms with Crippen LogP contribution in [0.5, 0.6) is 0 Å². The molecule has 4 nitrogen and oxygen atoms in total. The van der Waals surface area contributed by atoms with Gasteiger partial charge in [-0.3, -0.25) is 4.79 Å². The summed E-state index contributed by atoms with van der Waals surface area (Å²) in [7, 11) is 0. The molecule has 1 aromatic heterocycles. The van der Waals surface area contributed by atoms with Crippen molar-refractivity contribution in [3.8, 4) is 0 Å². The van der Waals surface area contributed by atoms with Crippen LogP contribution in [0.1, 0.15) is 5.56 Å². The summed E-state index contributed by atoms with van der Waals surface area (Å²) in [5.41, 5.74) is 0.620. The predicted molar refractivity (Wildman–Crippen MR) is 33.4 cm³/mol. The molecule has 10 heavy (non-hydrogen) atoms. The first kappa shape index (κ1) is 6.67. The van der Waals surface area contributed by atoms with Crippen molar-refractivity contribution < 1.29 is 9.90 Å². The molecule has 0 saturated carbocycles. The van der Waals surface area contributed by atoms with Crippen LogP contribution in [0.15, 0.2) is 18.7 Å². The zero-order valence-electron chi connectivity index (χ0n) is 5.19. The van der Waals surface area contributed by atoms with Crippen LogP contribution in [-0.2, 0) is 11.2 Å². The maximum absolute atomic E-state index is 10.1. The highest BCUT2D eigenvalue weighted by Crippen LogP contribution is 1.92. The summed E-state index contributed by atoms with van der Waals surface area (Å²) in [5, 5.41) is 8.31. The molecular formula is C6H6N2O2. The molecule has 1 rings (SSSR count). The summed E-state index contributed by atoms with van der Waals surface area (Å²) in [4.78, 5) is 17.4. The smallest absolute Gasteiger partial charge is 0.307 e. The molecule has 1 N–H and O–H groups in total. The monoisotopic (exact) mass is 138 g/mol. The quantitative estimate of drug-likeness (QED) is 0.629. The molecule has 1 heterocycles. The molecule has 52 valence electrons. The van der Waals surface area contributed by atoms with Crippen LogP contribution in [0, 0.1) is 0 Å². The van der Waals surface area contributed by atoms with Crippen molar-refractivity contribution in [3.63, 3.8) is 0 Å². The van der Waals surface area contributed by atoms with Gasteiger partial charge in [0.15, 0.2) is 0 Å². The van der Waals surface area contributed by atoms with Crippen molar-refractivity contribution in [2.24, 2.45) is 0 Å². The van der Waals surface area contributed by atoms with Gasteiger partial charge in [-0.05, 0) is 5.56 Å². The van der Waals surface area contributed by atoms with E-state index in [-0.39, 0.29) is 6.42 Å². The molecule has 0 spiro atoms. The SMILES string of the molecule is O=C(O)Cc1cncnc1. The summed E-state index contributed by atoms with van der Waals surface area (Å²) in [5.74, 6) is -0.866. The number of carboxylic acids is 1. The fourth-order valence-electron chi connectivity index (χ4n) is 0.596. The molecule has 0 aliphatic heterocycles. The molecule has 0 aromatic carbocycles. The van der Waals surface area contributed by atoms with Gasteiger partial charge in [-0.25, -0.2) is 9.97 Å². The Morgan fingerprint density at radius 1 is 1.50 bits per heavy atom. The molecule has 0 fully saturated rings. The zero-order valence-corrected chi connectivity index (χ0v) is 5.19. The van der Waals surface area contributed by atoms with Crippen LogP contribution in [0.25, 0.3) is 0 Å². The molecule has 0 unspecified atom stereocenters. The second-order valence-electron chi connectivity index (χ2n) is 1.82. The average Bonchev–Trinajstić information content (AvgIpc) is 1.88. The molecule has 0 amide bonds. The lowest BCUT2D eigenvalue weighted by Gasteiger charge is -1.91. The van der Waals surface area contributed by atoms with E-state index in [0.29, 0.717) is 5.56 Å². The van der Waals surface area contributed by atoms with E-state index >= 15 is 0 Å². The van der Waals surface area contributed by atoms with E-state index < -0.39 is 5.97 Å². The van der Waals surface area contributed by atoms with Gasteiger partial charge in [-0.15, -0.1) is 0 Å². The number of aromatic nitrogens is 2. The van der Waals surface area contributed by atoms with E-state index in [9.17, 15) is 4.79 Å². The number of nitrogens with zero attached hydrogens (tertiary/aromatic N) is 2. The molecule has 4 heteroatoms. The van der Waals surface area contributed by atoms with Crippen molar-refractivity contribution in [1.29, 1.82) is 0 Å². The highest BCUT2D eigenvalue weighted by molar-refractivity contribution is 5.69. The Balaban J connectivity index is 2.67. The van der Waals surface area contributed by atoms with Gasteiger partial charge in [0.1, 0.15) is 6.33 Å². The van der Waals surface area contributed by atoms with Gasteiger partial charge < -0.3 is 5.11 Å². The Hall–Kier alpha value is -1.45. The van der Waals surface area contributed by atoms with E-state index in [1.54, 1.807) is 0 Å². The van der Waals surface area contributed by atoms with Gasteiger partial charge >= 0.3 is 5.97 Å². The molecule has 0 aliphatic carbocycles. The van der Waals surface area contributed by atoms with Gasteiger partial charge in [0.05, 0.1) is 6.42 Å². The Bertz CT molecular complexity index is 222. The fourth-order valence-corrected chi connectivity index (χ4v) is 0.596. The second kappa shape index (κ2) is 2.91. The van der Waals surface area contributed by atoms with Crippen molar-refractivity contribution in [2.75, 3.05) is 0 Å². The van der Waals surface area contributed by atoms with Crippen LogP contribution in [-0.4, -0.2) is 21.0 Å². The van der Waals surface area contributed by atoms with E-state index in [1.165, 1.54) is 18.7 Å². The Morgan fingerprint density at radius 3 is 2.60 bits per heavy atom. The van der Waals surface area contributed by atoms with Gasteiger partial charge in [0.2, 0.25) is 0 Å². The van der Waals surface area contributed by atoms with Crippen molar-refractivity contribution in [1.82, 2.24) is 9.97 Å². The van der Waals surface area contributed by atoms with Crippen LogP contribution >= 0.6 is 0 Å². The first-order valence-electron chi connectivity index (χ1n) is 2.74. The van der Waals surface area contributed by atoms with Gasteiger partial charge in [0, 0.05) is 12.4 Å². The van der Waals surface area contributed by atoms with Gasteiger partial charge in [-0.1, -0.05) is 0 Å². The fraction of sp³-hybridized carbons (Fsp3) is 0.167. The minimum Gasteiger partial charge on any atom is -0.481 e. The second-order valence-corrected chi connectivity index (χ2v) is 1.82. The summed E-state index contributed by atoms with van der Waals surface area (Å²) in [6, 6.07) is 0.